The van der Waals surface area contributed by atoms with E-state index in [2.05, 4.69) is 158 Å². The van der Waals surface area contributed by atoms with Gasteiger partial charge < -0.3 is 9.15 Å². The summed E-state index contributed by atoms with van der Waals surface area (Å²) in [4.78, 5) is 0. The molecule has 1 aliphatic heterocycles. The molecule has 0 fully saturated rings. The summed E-state index contributed by atoms with van der Waals surface area (Å²) in [7, 11) is 0. The van der Waals surface area contributed by atoms with Gasteiger partial charge in [0.15, 0.2) is 11.3 Å². The van der Waals surface area contributed by atoms with Crippen LogP contribution in [0.1, 0.15) is 17.0 Å². The number of furan rings is 1. The predicted octanol–water partition coefficient (Wildman–Crippen LogP) is 13.4. The average Bonchev–Trinajstić information content (AvgIpc) is 3.95. The van der Waals surface area contributed by atoms with Gasteiger partial charge in [-0.3, -0.25) is 0 Å². The van der Waals surface area contributed by atoms with Gasteiger partial charge in [0.2, 0.25) is 0 Å². The summed E-state index contributed by atoms with van der Waals surface area (Å²) in [6.45, 7) is 0. The maximum atomic E-state index is 6.73. The molecule has 0 saturated heterocycles. The lowest BCUT2D eigenvalue weighted by molar-refractivity contribution is 0.269. The average molecular weight is 661 g/mol. The molecule has 0 N–H and O–H groups in total. The van der Waals surface area contributed by atoms with Gasteiger partial charge in [-0.25, -0.2) is 0 Å². The van der Waals surface area contributed by atoms with Gasteiger partial charge in [-0.2, -0.15) is 0 Å². The Morgan fingerprint density at radius 3 is 1.73 bits per heavy atom. The molecule has 0 bridgehead atoms. The lowest BCUT2D eigenvalue weighted by Crippen LogP contribution is -2.17. The fraction of sp³-hybridized carbons (Fsp3) is 0.0400. The molecule has 52 heavy (non-hydrogen) atoms. The van der Waals surface area contributed by atoms with Gasteiger partial charge in [0.05, 0.1) is 0 Å². The second-order valence-corrected chi connectivity index (χ2v) is 14.6. The van der Waals surface area contributed by atoms with Crippen LogP contribution in [0.15, 0.2) is 162 Å². The van der Waals surface area contributed by atoms with Crippen molar-refractivity contribution >= 4 is 49.1 Å². The molecule has 240 valence electrons. The fourth-order valence-corrected chi connectivity index (χ4v) is 9.86. The molecule has 2 unspecified atom stereocenters. The second-order valence-electron chi connectivity index (χ2n) is 14.6. The molecule has 9 aromatic rings. The van der Waals surface area contributed by atoms with Crippen molar-refractivity contribution in [2.24, 2.45) is 0 Å². The molecule has 0 radical (unpaired) electrons. The van der Waals surface area contributed by atoms with Crippen LogP contribution in [0.5, 0.6) is 5.75 Å². The molecular weight excluding hydrogens is 633 g/mol. The van der Waals surface area contributed by atoms with Crippen LogP contribution >= 0.6 is 0 Å². The van der Waals surface area contributed by atoms with Crippen molar-refractivity contribution in [3.63, 3.8) is 0 Å². The Balaban J connectivity index is 0.917. The molecule has 8 aromatic carbocycles. The highest BCUT2D eigenvalue weighted by molar-refractivity contribution is 6.20. The maximum absolute atomic E-state index is 6.73. The molecular formula is C50H28O2. The smallest absolute Gasteiger partial charge is 0.177 e. The van der Waals surface area contributed by atoms with E-state index in [1.54, 1.807) is 0 Å². The van der Waals surface area contributed by atoms with Crippen LogP contribution in [0.25, 0.3) is 105 Å². The minimum Gasteiger partial charge on any atom is -0.481 e. The van der Waals surface area contributed by atoms with Crippen LogP contribution in [0, 0.1) is 0 Å². The maximum Gasteiger partial charge on any atom is 0.177 e. The Hall–Kier alpha value is -6.64. The number of allylic oxidation sites excluding steroid dienone is 2. The number of rotatable bonds is 2. The summed E-state index contributed by atoms with van der Waals surface area (Å²) >= 11 is 0. The third kappa shape index (κ3) is 3.35. The van der Waals surface area contributed by atoms with E-state index in [-0.39, 0.29) is 12.0 Å². The quantitative estimate of drug-likeness (QED) is 0.184. The Kier molecular flexibility index (Phi) is 4.99. The number of hydrogen-bond donors (Lipinski definition) is 0. The van der Waals surface area contributed by atoms with E-state index in [0.29, 0.717) is 0 Å². The Morgan fingerprint density at radius 2 is 1.04 bits per heavy atom. The van der Waals surface area contributed by atoms with Gasteiger partial charge in [0, 0.05) is 22.3 Å². The second kappa shape index (κ2) is 9.57. The molecule has 2 atom stereocenters. The standard InChI is InChI=1S/C50H28O2/c1-3-9-33-31(7-1)37-13-5-11-35-29(17-19-39(33)47(35)37)27-15-23-45-43(25-27)41-21-22-42-44-26-28(16-24-46(44)52-50(42)49(41)51-45)30-18-20-40-34-10-4-2-8-32(34)38-14-6-12-36(30)48(38)40/h1-26,43,45H. The minimum absolute atomic E-state index is 0.0631. The SMILES string of the molecule is C1=CC2Oc3c(ccc4c3oc3ccc(-c5ccc6c7c(cccc57)-c5ccccc5-6)cc34)C2C=C1c1ccc2c3c(cccc13)-c1ccccc1-2. The first kappa shape index (κ1) is 27.1. The number of hydrogen-bond acceptors (Lipinski definition) is 2. The van der Waals surface area contributed by atoms with Gasteiger partial charge in [-0.1, -0.05) is 133 Å². The Labute approximate surface area is 299 Å². The summed E-state index contributed by atoms with van der Waals surface area (Å²) in [5.74, 6) is 0.979. The fourth-order valence-electron chi connectivity index (χ4n) is 9.86. The third-order valence-corrected chi connectivity index (χ3v) is 12.1. The zero-order valence-electron chi connectivity index (χ0n) is 28.0. The monoisotopic (exact) mass is 660 g/mol. The molecule has 4 aliphatic rings. The molecule has 2 heterocycles. The van der Waals surface area contributed by atoms with E-state index in [4.69, 9.17) is 9.15 Å². The van der Waals surface area contributed by atoms with Crippen molar-refractivity contribution in [1.29, 1.82) is 0 Å². The zero-order valence-corrected chi connectivity index (χ0v) is 28.0. The van der Waals surface area contributed by atoms with E-state index < -0.39 is 0 Å². The Morgan fingerprint density at radius 1 is 0.442 bits per heavy atom. The van der Waals surface area contributed by atoms with Crippen LogP contribution < -0.4 is 4.74 Å². The summed E-state index contributed by atoms with van der Waals surface area (Å²) in [6.07, 6.45) is 6.83. The molecule has 2 nitrogen and oxygen atoms in total. The summed E-state index contributed by atoms with van der Waals surface area (Å²) in [5.41, 5.74) is 18.4. The van der Waals surface area contributed by atoms with E-state index in [9.17, 15) is 0 Å². The summed E-state index contributed by atoms with van der Waals surface area (Å²) in [5, 5.41) is 7.48. The third-order valence-electron chi connectivity index (χ3n) is 12.1. The topological polar surface area (TPSA) is 22.4 Å². The summed E-state index contributed by atoms with van der Waals surface area (Å²) < 4.78 is 13.4. The highest BCUT2D eigenvalue weighted by Gasteiger charge is 2.36. The van der Waals surface area contributed by atoms with Crippen LogP contribution in [0.2, 0.25) is 0 Å². The van der Waals surface area contributed by atoms with Crippen LogP contribution in [-0.2, 0) is 0 Å². The van der Waals surface area contributed by atoms with Crippen LogP contribution in [0.3, 0.4) is 0 Å². The lowest BCUT2D eigenvalue weighted by Gasteiger charge is -2.20. The van der Waals surface area contributed by atoms with Gasteiger partial charge in [0.1, 0.15) is 11.7 Å². The van der Waals surface area contributed by atoms with Crippen molar-refractivity contribution < 1.29 is 9.15 Å². The van der Waals surface area contributed by atoms with Crippen molar-refractivity contribution in [1.82, 2.24) is 0 Å². The molecule has 1 aromatic heterocycles. The van der Waals surface area contributed by atoms with E-state index in [0.717, 1.165) is 27.7 Å². The van der Waals surface area contributed by atoms with E-state index in [1.165, 1.54) is 93.9 Å². The summed E-state index contributed by atoms with van der Waals surface area (Å²) in [6, 6.07) is 51.3. The number of ether oxygens (including phenoxy) is 1. The van der Waals surface area contributed by atoms with Crippen LogP contribution in [-0.4, -0.2) is 6.10 Å². The predicted molar refractivity (Wildman–Crippen MR) is 214 cm³/mol. The van der Waals surface area contributed by atoms with Gasteiger partial charge in [-0.15, -0.1) is 0 Å². The highest BCUT2D eigenvalue weighted by Crippen LogP contribution is 2.53. The molecule has 0 saturated carbocycles. The number of fused-ring (bicyclic) bond motifs is 13. The molecule has 0 spiro atoms. The first-order valence-corrected chi connectivity index (χ1v) is 18.2. The van der Waals surface area contributed by atoms with Gasteiger partial charge in [-0.05, 0) is 113 Å². The van der Waals surface area contributed by atoms with E-state index >= 15 is 0 Å². The molecule has 0 amide bonds. The van der Waals surface area contributed by atoms with Gasteiger partial charge >= 0.3 is 0 Å². The first-order chi connectivity index (χ1) is 25.8. The van der Waals surface area contributed by atoms with Crippen molar-refractivity contribution in [3.05, 3.63) is 169 Å². The van der Waals surface area contributed by atoms with Gasteiger partial charge in [0.25, 0.3) is 0 Å². The van der Waals surface area contributed by atoms with Crippen molar-refractivity contribution in [3.8, 4) is 61.4 Å². The van der Waals surface area contributed by atoms with Crippen molar-refractivity contribution in [2.45, 2.75) is 12.0 Å². The van der Waals surface area contributed by atoms with E-state index in [1.807, 2.05) is 0 Å². The first-order valence-electron chi connectivity index (χ1n) is 18.2. The Bertz CT molecular complexity index is 3110. The van der Waals surface area contributed by atoms with Crippen molar-refractivity contribution in [2.75, 3.05) is 0 Å². The normalized spacial score (nSPS) is 17.0. The molecule has 3 aliphatic carbocycles. The lowest BCUT2D eigenvalue weighted by atomic mass is 9.85. The van der Waals surface area contributed by atoms with Crippen LogP contribution in [0.4, 0.5) is 0 Å². The largest absolute Gasteiger partial charge is 0.481 e. The zero-order chi connectivity index (χ0) is 33.7. The number of benzene rings is 8. The molecule has 2 heteroatoms. The minimum atomic E-state index is -0.0631. The highest BCUT2D eigenvalue weighted by atomic mass is 16.5. The molecule has 13 rings (SSSR count).